The highest BCUT2D eigenvalue weighted by Gasteiger charge is 2.40. The van der Waals surface area contributed by atoms with Gasteiger partial charge in [-0.05, 0) is 59.2 Å². The Hall–Kier alpha value is -5.22. The maximum Gasteiger partial charge on any atom is 0.434 e. The third-order valence-electron chi connectivity index (χ3n) is 8.29. The fourth-order valence-electron chi connectivity index (χ4n) is 6.49. The SMILES string of the molecule is c1ccc(-c2ccc3c(c2)OB2c4cc(-n5c6ccccc6c6ccccc65)ccc4Oc4cccc-3c42)cc1. The van der Waals surface area contributed by atoms with Crippen molar-refractivity contribution in [2.75, 3.05) is 0 Å². The molecule has 0 N–H and O–H groups in total. The molecule has 40 heavy (non-hydrogen) atoms. The largest absolute Gasteiger partial charge is 0.551 e. The lowest BCUT2D eigenvalue weighted by atomic mass is 9.51. The van der Waals surface area contributed by atoms with Crippen molar-refractivity contribution in [1.29, 1.82) is 0 Å². The Kier molecular flexibility index (Phi) is 4.41. The number of hydrogen-bond donors (Lipinski definition) is 0. The quantitative estimate of drug-likeness (QED) is 0.222. The van der Waals surface area contributed by atoms with Crippen LogP contribution >= 0.6 is 0 Å². The van der Waals surface area contributed by atoms with Crippen LogP contribution in [-0.4, -0.2) is 11.5 Å². The molecule has 0 atom stereocenters. The summed E-state index contributed by atoms with van der Waals surface area (Å²) in [7, 11) is 0. The molecular formula is C36H22BNO2. The number of aromatic nitrogens is 1. The summed E-state index contributed by atoms with van der Waals surface area (Å²) in [6.45, 7) is -0.262. The fourth-order valence-corrected chi connectivity index (χ4v) is 6.49. The Morgan fingerprint density at radius 1 is 0.500 bits per heavy atom. The molecule has 186 valence electrons. The maximum absolute atomic E-state index is 6.89. The van der Waals surface area contributed by atoms with Gasteiger partial charge in [0.2, 0.25) is 0 Å². The van der Waals surface area contributed by atoms with Gasteiger partial charge in [-0.25, -0.2) is 0 Å². The van der Waals surface area contributed by atoms with E-state index < -0.39 is 0 Å². The molecule has 0 bridgehead atoms. The highest BCUT2D eigenvalue weighted by Crippen LogP contribution is 2.41. The summed E-state index contributed by atoms with van der Waals surface area (Å²) >= 11 is 0. The molecule has 3 nitrogen and oxygen atoms in total. The van der Waals surface area contributed by atoms with Gasteiger partial charge in [0.1, 0.15) is 17.2 Å². The van der Waals surface area contributed by atoms with E-state index in [2.05, 4.69) is 126 Å². The van der Waals surface area contributed by atoms with Crippen LogP contribution in [0.3, 0.4) is 0 Å². The first-order valence-electron chi connectivity index (χ1n) is 13.6. The van der Waals surface area contributed by atoms with E-state index in [9.17, 15) is 0 Å². The normalized spacial score (nSPS) is 12.8. The zero-order valence-electron chi connectivity index (χ0n) is 21.5. The number of benzene rings is 6. The van der Waals surface area contributed by atoms with E-state index in [0.29, 0.717) is 0 Å². The van der Waals surface area contributed by atoms with Crippen LogP contribution < -0.4 is 20.3 Å². The highest BCUT2D eigenvalue weighted by molar-refractivity contribution is 6.84. The first-order valence-corrected chi connectivity index (χ1v) is 13.6. The number of para-hydroxylation sites is 2. The van der Waals surface area contributed by atoms with Crippen LogP contribution in [-0.2, 0) is 0 Å². The average Bonchev–Trinajstić information content (AvgIpc) is 3.36. The maximum atomic E-state index is 6.89. The van der Waals surface area contributed by atoms with Gasteiger partial charge in [-0.15, -0.1) is 0 Å². The van der Waals surface area contributed by atoms with Crippen LogP contribution in [0.5, 0.6) is 17.2 Å². The Morgan fingerprint density at radius 3 is 2.05 bits per heavy atom. The van der Waals surface area contributed by atoms with Crippen LogP contribution in [0.2, 0.25) is 0 Å². The fraction of sp³-hybridized carbons (Fsp3) is 0. The zero-order chi connectivity index (χ0) is 26.2. The number of fused-ring (bicyclic) bond motifs is 7. The Morgan fingerprint density at radius 2 is 1.25 bits per heavy atom. The van der Waals surface area contributed by atoms with Gasteiger partial charge in [-0.3, -0.25) is 0 Å². The number of nitrogens with zero attached hydrogens (tertiary/aromatic N) is 1. The second-order valence-electron chi connectivity index (χ2n) is 10.5. The van der Waals surface area contributed by atoms with E-state index >= 15 is 0 Å². The molecule has 0 unspecified atom stereocenters. The van der Waals surface area contributed by atoms with E-state index in [1.165, 1.54) is 27.4 Å². The molecule has 2 aliphatic rings. The highest BCUT2D eigenvalue weighted by atomic mass is 16.5. The van der Waals surface area contributed by atoms with Crippen LogP contribution in [0, 0.1) is 0 Å². The molecule has 0 aliphatic carbocycles. The summed E-state index contributed by atoms with van der Waals surface area (Å²) < 4.78 is 15.7. The van der Waals surface area contributed by atoms with Crippen molar-refractivity contribution < 1.29 is 9.39 Å². The van der Waals surface area contributed by atoms with Gasteiger partial charge in [-0.1, -0.05) is 91.0 Å². The van der Waals surface area contributed by atoms with Gasteiger partial charge >= 0.3 is 6.92 Å². The molecule has 0 spiro atoms. The molecule has 0 saturated heterocycles. The summed E-state index contributed by atoms with van der Waals surface area (Å²) in [4.78, 5) is 0. The molecule has 3 heterocycles. The summed E-state index contributed by atoms with van der Waals surface area (Å²) in [5, 5.41) is 2.49. The van der Waals surface area contributed by atoms with Crippen molar-refractivity contribution in [3.8, 4) is 45.2 Å². The standard InChI is InChI=1S/C36H22BNO2/c1-2-9-23(10-3-1)24-17-19-28-29-13-8-16-34-36(29)37(40-35(28)21-24)30-22-25(18-20-33(30)39-34)38-31-14-6-4-11-26(31)27-12-5-7-15-32(27)38/h1-22H. The first kappa shape index (κ1) is 21.7. The molecule has 0 saturated carbocycles. The minimum absolute atomic E-state index is 0.262. The molecule has 0 radical (unpaired) electrons. The van der Waals surface area contributed by atoms with Crippen molar-refractivity contribution in [1.82, 2.24) is 4.57 Å². The summed E-state index contributed by atoms with van der Waals surface area (Å²) in [5.74, 6) is 2.59. The van der Waals surface area contributed by atoms with Gasteiger partial charge < -0.3 is 14.0 Å². The van der Waals surface area contributed by atoms with Gasteiger partial charge in [0.15, 0.2) is 0 Å². The number of rotatable bonds is 2. The van der Waals surface area contributed by atoms with Crippen LogP contribution in [0.25, 0.3) is 49.7 Å². The lowest BCUT2D eigenvalue weighted by Crippen LogP contribution is -2.53. The Bertz CT molecular complexity index is 2080. The zero-order valence-corrected chi connectivity index (χ0v) is 21.5. The molecule has 0 fully saturated rings. The predicted octanol–water partition coefficient (Wildman–Crippen LogP) is 7.72. The van der Waals surface area contributed by atoms with E-state index in [1.54, 1.807) is 0 Å². The average molecular weight is 511 g/mol. The minimum Gasteiger partial charge on any atom is -0.551 e. The molecule has 4 heteroatoms. The van der Waals surface area contributed by atoms with E-state index in [4.69, 9.17) is 9.39 Å². The van der Waals surface area contributed by atoms with E-state index in [0.717, 1.165) is 50.6 Å². The lowest BCUT2D eigenvalue weighted by molar-refractivity contribution is 0.479. The second-order valence-corrected chi connectivity index (χ2v) is 10.5. The Labute approximate surface area is 232 Å². The molecule has 7 aromatic rings. The van der Waals surface area contributed by atoms with E-state index in [1.807, 2.05) is 12.1 Å². The summed E-state index contributed by atoms with van der Waals surface area (Å²) in [6, 6.07) is 47.0. The second kappa shape index (κ2) is 8.14. The topological polar surface area (TPSA) is 23.4 Å². The van der Waals surface area contributed by atoms with Crippen molar-refractivity contribution in [2.45, 2.75) is 0 Å². The van der Waals surface area contributed by atoms with Crippen LogP contribution in [0.1, 0.15) is 0 Å². The van der Waals surface area contributed by atoms with Crippen molar-refractivity contribution in [2.24, 2.45) is 0 Å². The number of hydrogen-bond acceptors (Lipinski definition) is 2. The smallest absolute Gasteiger partial charge is 0.434 e. The first-order chi connectivity index (χ1) is 19.8. The van der Waals surface area contributed by atoms with Crippen molar-refractivity contribution >= 4 is 39.6 Å². The predicted molar refractivity (Wildman–Crippen MR) is 164 cm³/mol. The van der Waals surface area contributed by atoms with Gasteiger partial charge in [0.05, 0.1) is 11.0 Å². The molecule has 0 amide bonds. The van der Waals surface area contributed by atoms with Crippen molar-refractivity contribution in [3.05, 3.63) is 133 Å². The molecular weight excluding hydrogens is 489 g/mol. The van der Waals surface area contributed by atoms with Gasteiger partial charge in [0.25, 0.3) is 0 Å². The van der Waals surface area contributed by atoms with Gasteiger partial charge in [0, 0.05) is 32.9 Å². The minimum atomic E-state index is -0.262. The van der Waals surface area contributed by atoms with Gasteiger partial charge in [-0.2, -0.15) is 0 Å². The van der Waals surface area contributed by atoms with E-state index in [-0.39, 0.29) is 6.92 Å². The molecule has 9 rings (SSSR count). The molecule has 1 aromatic heterocycles. The summed E-state index contributed by atoms with van der Waals surface area (Å²) in [6.07, 6.45) is 0. The van der Waals surface area contributed by atoms with Crippen molar-refractivity contribution in [3.63, 3.8) is 0 Å². The molecule has 2 aliphatic heterocycles. The monoisotopic (exact) mass is 511 g/mol. The number of ether oxygens (including phenoxy) is 1. The molecule has 6 aromatic carbocycles. The summed E-state index contributed by atoms with van der Waals surface area (Å²) in [5.41, 5.74) is 10.2. The lowest BCUT2D eigenvalue weighted by Gasteiger charge is -2.33. The van der Waals surface area contributed by atoms with Crippen LogP contribution in [0.15, 0.2) is 133 Å². The Balaban J connectivity index is 1.24. The third kappa shape index (κ3) is 3.02. The van der Waals surface area contributed by atoms with Crippen LogP contribution in [0.4, 0.5) is 0 Å². The third-order valence-corrected chi connectivity index (χ3v) is 8.29.